The van der Waals surface area contributed by atoms with Crippen LogP contribution >= 0.6 is 33.5 Å². The molecule has 0 spiro atoms. The van der Waals surface area contributed by atoms with Crippen LogP contribution in [0.1, 0.15) is 6.42 Å². The van der Waals surface area contributed by atoms with Gasteiger partial charge in [-0.1, -0.05) is 33.5 Å². The van der Waals surface area contributed by atoms with Crippen molar-refractivity contribution in [2.45, 2.75) is 23.7 Å². The molecule has 2 saturated heterocycles. The summed E-state index contributed by atoms with van der Waals surface area (Å²) >= 11 is 1.88. The van der Waals surface area contributed by atoms with Crippen molar-refractivity contribution in [3.8, 4) is 0 Å². The summed E-state index contributed by atoms with van der Waals surface area (Å²) in [6.07, 6.45) is 6.42. The average Bonchev–Trinajstić information content (AvgIpc) is 3.29. The van der Waals surface area contributed by atoms with Crippen molar-refractivity contribution in [3.05, 3.63) is 24.0 Å². The number of nitrogens with zero attached hydrogens (tertiary/aromatic N) is 2. The third kappa shape index (κ3) is 2.49. The molecule has 0 aromatic heterocycles. The van der Waals surface area contributed by atoms with Gasteiger partial charge in [0.25, 0.3) is 6.29 Å². The van der Waals surface area contributed by atoms with Gasteiger partial charge in [0.15, 0.2) is 5.66 Å². The molecule has 0 bridgehead atoms. The van der Waals surface area contributed by atoms with Gasteiger partial charge in [-0.3, -0.25) is 4.90 Å². The van der Waals surface area contributed by atoms with Gasteiger partial charge >= 0.3 is 0 Å². The highest BCUT2D eigenvalue weighted by atomic mass is 33.1. The van der Waals surface area contributed by atoms with Gasteiger partial charge < -0.3 is 14.2 Å². The molecule has 4 heterocycles. The largest absolute Gasteiger partial charge is 0.456 e. The third-order valence-corrected chi connectivity index (χ3v) is 7.60. The van der Waals surface area contributed by atoms with Gasteiger partial charge in [-0.2, -0.15) is 0 Å². The Morgan fingerprint density at radius 1 is 1.19 bits per heavy atom. The summed E-state index contributed by atoms with van der Waals surface area (Å²) in [5.41, 5.74) is -0.365. The number of hydrogen-bond donors (Lipinski definition) is 0. The first kappa shape index (κ1) is 14.6. The average molecular weight is 346 g/mol. The summed E-state index contributed by atoms with van der Waals surface area (Å²) < 4.78 is 19.9. The Kier molecular flexibility index (Phi) is 4.34. The highest BCUT2D eigenvalue weighted by molar-refractivity contribution is 8.78. The zero-order chi connectivity index (χ0) is 14.1. The molecule has 0 aromatic rings. The molecule has 0 aromatic carbocycles. The van der Waals surface area contributed by atoms with Gasteiger partial charge in [0.05, 0.1) is 18.6 Å². The molecule has 2 fully saturated rings. The lowest BCUT2D eigenvalue weighted by Gasteiger charge is -2.53. The van der Waals surface area contributed by atoms with Crippen molar-refractivity contribution in [1.82, 2.24) is 9.21 Å². The van der Waals surface area contributed by atoms with Crippen LogP contribution in [-0.4, -0.2) is 58.6 Å². The standard InChI is InChI=1S/C13H18N2O3S3/c1-3-15(19-8-1)13(12-17-6-7-18-12)10-16-5-4-14(13)11-2-9-20-21-11/h2,6-7,9,11-12H,1,3-5,8,10H2. The smallest absolute Gasteiger partial charge is 0.274 e. The fraction of sp³-hybridized carbons (Fsp3) is 0.692. The molecule has 0 N–H and O–H groups in total. The lowest BCUT2D eigenvalue weighted by Crippen LogP contribution is -2.71. The van der Waals surface area contributed by atoms with Crippen LogP contribution in [0.15, 0.2) is 24.0 Å². The molecule has 0 saturated carbocycles. The van der Waals surface area contributed by atoms with Crippen LogP contribution in [0.2, 0.25) is 0 Å². The summed E-state index contributed by atoms with van der Waals surface area (Å²) in [6.45, 7) is 3.31. The molecule has 5 nitrogen and oxygen atoms in total. The topological polar surface area (TPSA) is 34.2 Å². The second-order valence-electron chi connectivity index (χ2n) is 5.20. The van der Waals surface area contributed by atoms with Crippen LogP contribution in [0.25, 0.3) is 0 Å². The first-order chi connectivity index (χ1) is 10.4. The van der Waals surface area contributed by atoms with E-state index in [-0.39, 0.29) is 12.0 Å². The molecule has 4 aliphatic heterocycles. The molecule has 4 rings (SSSR count). The highest BCUT2D eigenvalue weighted by Gasteiger charge is 2.57. The molecule has 0 radical (unpaired) electrons. The molecule has 2 atom stereocenters. The lowest BCUT2D eigenvalue weighted by molar-refractivity contribution is -0.227. The Morgan fingerprint density at radius 3 is 2.81 bits per heavy atom. The van der Waals surface area contributed by atoms with E-state index in [1.165, 1.54) is 6.42 Å². The molecular weight excluding hydrogens is 328 g/mol. The van der Waals surface area contributed by atoms with Gasteiger partial charge in [-0.15, -0.1) is 0 Å². The summed E-state index contributed by atoms with van der Waals surface area (Å²) in [5.74, 6) is 1.15. The van der Waals surface area contributed by atoms with Crippen LogP contribution in [0.3, 0.4) is 0 Å². The quantitative estimate of drug-likeness (QED) is 0.569. The number of ether oxygens (including phenoxy) is 3. The Labute approximate surface area is 136 Å². The predicted octanol–water partition coefficient (Wildman–Crippen LogP) is 2.45. The van der Waals surface area contributed by atoms with Gasteiger partial charge in [0.1, 0.15) is 12.5 Å². The van der Waals surface area contributed by atoms with E-state index in [1.807, 2.05) is 22.7 Å². The van der Waals surface area contributed by atoms with E-state index < -0.39 is 0 Å². The molecular formula is C13H18N2O3S3. The maximum atomic E-state index is 5.88. The SMILES string of the molecule is C1=COC(C2(N3CCCS3)COCCN2C2C=CSS2)O1. The molecule has 0 amide bonds. The number of hydrogen-bond acceptors (Lipinski definition) is 8. The minimum Gasteiger partial charge on any atom is -0.456 e. The molecule has 0 aliphatic carbocycles. The van der Waals surface area contributed by atoms with E-state index in [9.17, 15) is 0 Å². The van der Waals surface area contributed by atoms with E-state index in [0.717, 1.165) is 25.4 Å². The number of morpholine rings is 1. The van der Waals surface area contributed by atoms with Crippen LogP contribution in [-0.2, 0) is 14.2 Å². The molecule has 116 valence electrons. The zero-order valence-electron chi connectivity index (χ0n) is 11.6. The van der Waals surface area contributed by atoms with Crippen molar-refractivity contribution in [3.63, 3.8) is 0 Å². The van der Waals surface area contributed by atoms with Crippen LogP contribution in [0.4, 0.5) is 0 Å². The van der Waals surface area contributed by atoms with Crippen LogP contribution < -0.4 is 0 Å². The van der Waals surface area contributed by atoms with E-state index in [1.54, 1.807) is 23.3 Å². The van der Waals surface area contributed by atoms with E-state index in [4.69, 9.17) is 14.2 Å². The van der Waals surface area contributed by atoms with Gasteiger partial charge in [0.2, 0.25) is 0 Å². The monoisotopic (exact) mass is 346 g/mol. The fourth-order valence-electron chi connectivity index (χ4n) is 3.13. The number of rotatable bonds is 3. The summed E-state index contributed by atoms with van der Waals surface area (Å²) in [4.78, 5) is 2.49. The minimum absolute atomic E-state index is 0.331. The highest BCUT2D eigenvalue weighted by Crippen LogP contribution is 2.46. The normalized spacial score (nSPS) is 38.0. The van der Waals surface area contributed by atoms with E-state index in [0.29, 0.717) is 12.0 Å². The first-order valence-corrected chi connectivity index (χ1v) is 10.3. The zero-order valence-corrected chi connectivity index (χ0v) is 14.0. The van der Waals surface area contributed by atoms with Gasteiger partial charge in [-0.05, 0) is 17.9 Å². The molecule has 21 heavy (non-hydrogen) atoms. The summed E-state index contributed by atoms with van der Waals surface area (Å²) in [7, 11) is 3.67. The Morgan fingerprint density at radius 2 is 2.10 bits per heavy atom. The van der Waals surface area contributed by atoms with Crippen LogP contribution in [0.5, 0.6) is 0 Å². The minimum atomic E-state index is -0.365. The van der Waals surface area contributed by atoms with Crippen LogP contribution in [0, 0.1) is 0 Å². The van der Waals surface area contributed by atoms with Crippen molar-refractivity contribution in [1.29, 1.82) is 0 Å². The van der Waals surface area contributed by atoms with Gasteiger partial charge in [0, 0.05) is 18.8 Å². The lowest BCUT2D eigenvalue weighted by atomic mass is 10.1. The van der Waals surface area contributed by atoms with E-state index in [2.05, 4.69) is 20.7 Å². The van der Waals surface area contributed by atoms with Crippen molar-refractivity contribution < 1.29 is 14.2 Å². The Balaban J connectivity index is 1.68. The second-order valence-corrected chi connectivity index (χ2v) is 8.60. The van der Waals surface area contributed by atoms with Crippen molar-refractivity contribution >= 4 is 33.5 Å². The van der Waals surface area contributed by atoms with Gasteiger partial charge in [-0.25, -0.2) is 4.31 Å². The maximum absolute atomic E-state index is 5.88. The van der Waals surface area contributed by atoms with Crippen molar-refractivity contribution in [2.24, 2.45) is 0 Å². The molecule has 8 heteroatoms. The molecule has 4 aliphatic rings. The predicted molar refractivity (Wildman–Crippen MR) is 87.2 cm³/mol. The third-order valence-electron chi connectivity index (χ3n) is 4.07. The van der Waals surface area contributed by atoms with Crippen molar-refractivity contribution in [2.75, 3.05) is 32.1 Å². The summed E-state index contributed by atoms with van der Waals surface area (Å²) in [5, 5.41) is 2.51. The Bertz CT molecular complexity index is 432. The maximum Gasteiger partial charge on any atom is 0.274 e. The molecule has 2 unspecified atom stereocenters. The van der Waals surface area contributed by atoms with E-state index >= 15 is 0 Å². The second kappa shape index (κ2) is 6.25. The fourth-order valence-corrected chi connectivity index (χ4v) is 6.59. The summed E-state index contributed by atoms with van der Waals surface area (Å²) in [6, 6.07) is 0. The first-order valence-electron chi connectivity index (χ1n) is 7.11. The Hall–Kier alpha value is 0.01000.